The normalized spacial score (nSPS) is 12.8. The fraction of sp³-hybridized carbons (Fsp3) is 0.0714. The summed E-state index contributed by atoms with van der Waals surface area (Å²) in [6, 6.07) is 13.0. The minimum Gasteiger partial charge on any atom is -0.506 e. The highest BCUT2D eigenvalue weighted by atomic mass is 16.3. The molecule has 1 radical (unpaired) electrons. The second-order valence-electron chi connectivity index (χ2n) is 4.22. The number of amides is 2. The maximum atomic E-state index is 11.1. The Bertz CT molecular complexity index is 609. The van der Waals surface area contributed by atoms with E-state index in [2.05, 4.69) is 10.6 Å². The Morgan fingerprint density at radius 3 is 2.67 bits per heavy atom. The van der Waals surface area contributed by atoms with Gasteiger partial charge in [-0.3, -0.25) is 0 Å². The van der Waals surface area contributed by atoms with E-state index in [1.54, 1.807) is 6.07 Å². The highest BCUT2D eigenvalue weighted by Crippen LogP contribution is 2.37. The van der Waals surface area contributed by atoms with Crippen LogP contribution in [0.15, 0.2) is 42.5 Å². The number of carbonyl (C=O) groups is 1. The number of rotatable bonds is 2. The van der Waals surface area contributed by atoms with E-state index in [0.29, 0.717) is 17.8 Å². The van der Waals surface area contributed by atoms with Gasteiger partial charge in [-0.05, 0) is 29.7 Å². The lowest BCUT2D eigenvalue weighted by atomic mass is 10.0. The molecule has 0 unspecified atom stereocenters. The zero-order valence-electron chi connectivity index (χ0n) is 9.55. The van der Waals surface area contributed by atoms with Gasteiger partial charge in [-0.15, -0.1) is 0 Å². The van der Waals surface area contributed by atoms with Crippen molar-refractivity contribution in [3.8, 4) is 5.75 Å². The molecule has 2 N–H and O–H groups in total. The number of hydrogen-bond donors (Lipinski definition) is 2. The summed E-state index contributed by atoms with van der Waals surface area (Å²) in [4.78, 5) is 11.1. The minimum absolute atomic E-state index is 0.0387. The van der Waals surface area contributed by atoms with Crippen molar-refractivity contribution < 1.29 is 9.90 Å². The molecular weight excluding hydrogens is 228 g/mol. The van der Waals surface area contributed by atoms with E-state index in [0.717, 1.165) is 11.1 Å². The van der Waals surface area contributed by atoms with E-state index in [4.69, 9.17) is 0 Å². The lowest BCUT2D eigenvalue weighted by Gasteiger charge is -2.06. The summed E-state index contributed by atoms with van der Waals surface area (Å²) in [7, 11) is 0. The maximum Gasteiger partial charge on any atom is 0.346 e. The third-order valence-electron chi connectivity index (χ3n) is 2.86. The number of fused-ring (bicyclic) bond motifs is 1. The molecule has 2 amide bonds. The topological polar surface area (TPSA) is 63.4 Å². The molecule has 0 saturated carbocycles. The number of carbonyl (C=O) groups excluding carboxylic acids is 1. The molecule has 0 aliphatic carbocycles. The van der Waals surface area contributed by atoms with Gasteiger partial charge in [0.05, 0.1) is 5.69 Å². The van der Waals surface area contributed by atoms with Gasteiger partial charge in [0.25, 0.3) is 0 Å². The number of benzene rings is 2. The van der Waals surface area contributed by atoms with Gasteiger partial charge in [0, 0.05) is 0 Å². The van der Waals surface area contributed by atoms with Crippen LogP contribution in [0.3, 0.4) is 0 Å². The molecule has 1 aliphatic rings. The van der Waals surface area contributed by atoms with Crippen LogP contribution in [0.4, 0.5) is 16.2 Å². The molecule has 2 aromatic rings. The number of anilines is 1. The summed E-state index contributed by atoms with van der Waals surface area (Å²) < 4.78 is 0. The molecule has 0 saturated heterocycles. The van der Waals surface area contributed by atoms with Gasteiger partial charge in [-0.25, -0.2) is 4.79 Å². The van der Waals surface area contributed by atoms with Gasteiger partial charge in [0.15, 0.2) is 0 Å². The number of phenolic OH excluding ortho intramolecular Hbond substituents is 1. The number of phenols is 1. The van der Waals surface area contributed by atoms with Crippen molar-refractivity contribution in [2.75, 3.05) is 5.32 Å². The SMILES string of the molecule is O=C1[N]c2c(O)cc(Cc3ccccc3)cc2N1. The molecule has 0 fully saturated rings. The second-order valence-corrected chi connectivity index (χ2v) is 4.22. The zero-order chi connectivity index (χ0) is 12.5. The van der Waals surface area contributed by atoms with Gasteiger partial charge in [0.2, 0.25) is 0 Å². The van der Waals surface area contributed by atoms with Crippen LogP contribution in [0.2, 0.25) is 0 Å². The highest BCUT2D eigenvalue weighted by Gasteiger charge is 2.23. The van der Waals surface area contributed by atoms with Gasteiger partial charge < -0.3 is 10.4 Å². The lowest BCUT2D eigenvalue weighted by molar-refractivity contribution is 0.256. The number of aromatic hydroxyl groups is 1. The molecule has 0 atom stereocenters. The lowest BCUT2D eigenvalue weighted by Crippen LogP contribution is -2.08. The van der Waals surface area contributed by atoms with Crippen LogP contribution in [0.1, 0.15) is 11.1 Å². The molecule has 4 nitrogen and oxygen atoms in total. The second kappa shape index (κ2) is 4.07. The Labute approximate surface area is 104 Å². The van der Waals surface area contributed by atoms with E-state index in [-0.39, 0.29) is 5.75 Å². The van der Waals surface area contributed by atoms with Crippen LogP contribution in [0.25, 0.3) is 0 Å². The number of hydrogen-bond acceptors (Lipinski definition) is 2. The summed E-state index contributed by atoms with van der Waals surface area (Å²) >= 11 is 0. The van der Waals surface area contributed by atoms with Crippen LogP contribution >= 0.6 is 0 Å². The van der Waals surface area contributed by atoms with E-state index in [1.807, 2.05) is 36.4 Å². The molecule has 0 bridgehead atoms. The number of urea groups is 1. The van der Waals surface area contributed by atoms with Gasteiger partial charge >= 0.3 is 6.03 Å². The smallest absolute Gasteiger partial charge is 0.346 e. The Kier molecular flexibility index (Phi) is 2.41. The van der Waals surface area contributed by atoms with E-state index < -0.39 is 6.03 Å². The summed E-state index contributed by atoms with van der Waals surface area (Å²) in [5, 5.41) is 16.1. The van der Waals surface area contributed by atoms with Crippen molar-refractivity contribution in [2.45, 2.75) is 6.42 Å². The van der Waals surface area contributed by atoms with Crippen LogP contribution in [0.5, 0.6) is 5.75 Å². The van der Waals surface area contributed by atoms with Crippen molar-refractivity contribution in [1.29, 1.82) is 0 Å². The average Bonchev–Trinajstić information content (AvgIpc) is 2.72. The Balaban J connectivity index is 1.93. The average molecular weight is 239 g/mol. The predicted octanol–water partition coefficient (Wildman–Crippen LogP) is 2.76. The number of nitrogens with zero attached hydrogens (tertiary/aromatic N) is 1. The van der Waals surface area contributed by atoms with Crippen molar-refractivity contribution in [3.05, 3.63) is 53.6 Å². The quantitative estimate of drug-likeness (QED) is 0.846. The van der Waals surface area contributed by atoms with Gasteiger partial charge in [-0.1, -0.05) is 30.3 Å². The van der Waals surface area contributed by atoms with Crippen molar-refractivity contribution in [2.24, 2.45) is 0 Å². The first-order valence-electron chi connectivity index (χ1n) is 5.65. The van der Waals surface area contributed by atoms with E-state index >= 15 is 0 Å². The molecule has 3 rings (SSSR count). The molecule has 2 aromatic carbocycles. The maximum absolute atomic E-state index is 11.1. The minimum atomic E-state index is -0.433. The third-order valence-corrected chi connectivity index (χ3v) is 2.86. The standard InChI is InChI=1S/C14H11N2O2/c17-12-8-10(6-9-4-2-1-3-5-9)7-11-13(12)16-14(18)15-11/h1-5,7-8,17H,6H2,(H,15,18). The summed E-state index contributed by atoms with van der Waals surface area (Å²) in [5.41, 5.74) is 3.00. The zero-order valence-corrected chi connectivity index (χ0v) is 9.55. The predicted molar refractivity (Wildman–Crippen MR) is 68.2 cm³/mol. The highest BCUT2D eigenvalue weighted by molar-refractivity contribution is 6.03. The molecule has 4 heteroatoms. The molecule has 1 heterocycles. The van der Waals surface area contributed by atoms with Gasteiger partial charge in [0.1, 0.15) is 11.4 Å². The summed E-state index contributed by atoms with van der Waals surface area (Å²) in [6.07, 6.45) is 0.706. The first kappa shape index (κ1) is 10.7. The van der Waals surface area contributed by atoms with Crippen LogP contribution in [0, 0.1) is 0 Å². The molecule has 0 aromatic heterocycles. The largest absolute Gasteiger partial charge is 0.506 e. The van der Waals surface area contributed by atoms with Crippen LogP contribution in [-0.2, 0) is 6.42 Å². The first-order chi connectivity index (χ1) is 8.72. The summed E-state index contributed by atoms with van der Waals surface area (Å²) in [5.74, 6) is 0.0387. The molecule has 1 aliphatic heterocycles. The monoisotopic (exact) mass is 239 g/mol. The Morgan fingerprint density at radius 1 is 1.11 bits per heavy atom. The van der Waals surface area contributed by atoms with Crippen LogP contribution in [-0.4, -0.2) is 11.1 Å². The number of nitrogens with one attached hydrogen (secondary N) is 1. The molecular formula is C14H11N2O2. The third kappa shape index (κ3) is 1.88. The Hall–Kier alpha value is -2.49. The van der Waals surface area contributed by atoms with E-state index in [1.165, 1.54) is 0 Å². The molecule has 0 spiro atoms. The molecule has 18 heavy (non-hydrogen) atoms. The van der Waals surface area contributed by atoms with Gasteiger partial charge in [-0.2, -0.15) is 5.32 Å². The van der Waals surface area contributed by atoms with Crippen molar-refractivity contribution in [1.82, 2.24) is 5.32 Å². The first-order valence-corrected chi connectivity index (χ1v) is 5.65. The van der Waals surface area contributed by atoms with Crippen molar-refractivity contribution >= 4 is 17.4 Å². The molecule has 89 valence electrons. The van der Waals surface area contributed by atoms with Crippen molar-refractivity contribution in [3.63, 3.8) is 0 Å². The van der Waals surface area contributed by atoms with E-state index in [9.17, 15) is 9.90 Å². The van der Waals surface area contributed by atoms with Crippen LogP contribution < -0.4 is 10.6 Å². The summed E-state index contributed by atoms with van der Waals surface area (Å²) in [6.45, 7) is 0. The fourth-order valence-corrected chi connectivity index (χ4v) is 2.07. The Morgan fingerprint density at radius 2 is 1.89 bits per heavy atom. The fourth-order valence-electron chi connectivity index (χ4n) is 2.07.